The van der Waals surface area contributed by atoms with Gasteiger partial charge in [0.1, 0.15) is 5.75 Å². The molecule has 2 N–H and O–H groups in total. The molecule has 0 bridgehead atoms. The SMILES string of the molecule is COc1ccc(CN=C(NCC(=O)N(C)C)NCC2CCCCO2)cc1Cl.I. The molecule has 28 heavy (non-hydrogen) atoms. The van der Waals surface area contributed by atoms with Crippen LogP contribution in [0.2, 0.25) is 5.02 Å². The molecular weight excluding hydrogens is 495 g/mol. The number of guanidine groups is 1. The van der Waals surface area contributed by atoms with Crippen LogP contribution in [0.5, 0.6) is 5.75 Å². The third-order valence-electron chi connectivity index (χ3n) is 4.31. The second-order valence-electron chi connectivity index (χ2n) is 6.64. The second kappa shape index (κ2) is 13.1. The van der Waals surface area contributed by atoms with Gasteiger partial charge < -0.3 is 25.0 Å². The summed E-state index contributed by atoms with van der Waals surface area (Å²) in [5.41, 5.74) is 0.953. The second-order valence-corrected chi connectivity index (χ2v) is 7.05. The van der Waals surface area contributed by atoms with E-state index in [1.807, 2.05) is 18.2 Å². The number of hydrogen-bond donors (Lipinski definition) is 2. The van der Waals surface area contributed by atoms with Gasteiger partial charge in [-0.1, -0.05) is 17.7 Å². The van der Waals surface area contributed by atoms with Crippen molar-refractivity contribution in [1.29, 1.82) is 0 Å². The molecule has 1 aliphatic rings. The molecule has 1 fully saturated rings. The van der Waals surface area contributed by atoms with E-state index in [1.165, 1.54) is 11.3 Å². The van der Waals surface area contributed by atoms with Gasteiger partial charge in [-0.3, -0.25) is 4.79 Å². The van der Waals surface area contributed by atoms with Gasteiger partial charge >= 0.3 is 0 Å². The fourth-order valence-electron chi connectivity index (χ4n) is 2.65. The summed E-state index contributed by atoms with van der Waals surface area (Å²) in [6.07, 6.45) is 3.50. The quantitative estimate of drug-likeness (QED) is 0.326. The monoisotopic (exact) mass is 524 g/mol. The summed E-state index contributed by atoms with van der Waals surface area (Å²) in [6.45, 7) is 2.07. The molecule has 0 radical (unpaired) electrons. The first-order chi connectivity index (χ1) is 13.0. The minimum Gasteiger partial charge on any atom is -0.495 e. The lowest BCUT2D eigenvalue weighted by Crippen LogP contribution is -2.45. The van der Waals surface area contributed by atoms with Crippen LogP contribution in [-0.2, 0) is 16.1 Å². The maximum Gasteiger partial charge on any atom is 0.241 e. The smallest absolute Gasteiger partial charge is 0.241 e. The average Bonchev–Trinajstić information content (AvgIpc) is 2.68. The van der Waals surface area contributed by atoms with Crippen molar-refractivity contribution in [1.82, 2.24) is 15.5 Å². The molecule has 1 amide bonds. The molecule has 1 aliphatic heterocycles. The average molecular weight is 525 g/mol. The first-order valence-electron chi connectivity index (χ1n) is 9.16. The Hall–Kier alpha value is -1.26. The molecule has 7 nitrogen and oxygen atoms in total. The van der Waals surface area contributed by atoms with Crippen molar-refractivity contribution in [2.24, 2.45) is 4.99 Å². The number of carbonyl (C=O) groups is 1. The lowest BCUT2D eigenvalue weighted by Gasteiger charge is -2.24. The van der Waals surface area contributed by atoms with E-state index in [-0.39, 0.29) is 42.5 Å². The largest absolute Gasteiger partial charge is 0.495 e. The zero-order chi connectivity index (χ0) is 19.6. The van der Waals surface area contributed by atoms with Crippen molar-refractivity contribution in [3.05, 3.63) is 28.8 Å². The zero-order valence-electron chi connectivity index (χ0n) is 16.7. The number of amides is 1. The molecule has 1 saturated heterocycles. The van der Waals surface area contributed by atoms with Gasteiger partial charge in [0, 0.05) is 27.2 Å². The number of hydrogen-bond acceptors (Lipinski definition) is 4. The van der Waals surface area contributed by atoms with Crippen LogP contribution in [0.1, 0.15) is 24.8 Å². The van der Waals surface area contributed by atoms with Crippen molar-refractivity contribution in [3.63, 3.8) is 0 Å². The molecular formula is C19H30ClIN4O3. The highest BCUT2D eigenvalue weighted by Gasteiger charge is 2.14. The topological polar surface area (TPSA) is 75.2 Å². The van der Waals surface area contributed by atoms with Crippen LogP contribution < -0.4 is 15.4 Å². The number of rotatable bonds is 7. The molecule has 1 atom stereocenters. The molecule has 1 heterocycles. The summed E-state index contributed by atoms with van der Waals surface area (Å²) in [4.78, 5) is 18.0. The first-order valence-corrected chi connectivity index (χ1v) is 9.53. The Morgan fingerprint density at radius 3 is 2.75 bits per heavy atom. The van der Waals surface area contributed by atoms with E-state index in [0.29, 0.717) is 29.8 Å². The van der Waals surface area contributed by atoms with Gasteiger partial charge in [0.2, 0.25) is 5.91 Å². The maximum absolute atomic E-state index is 11.9. The van der Waals surface area contributed by atoms with Crippen LogP contribution in [0.25, 0.3) is 0 Å². The Morgan fingerprint density at radius 1 is 1.36 bits per heavy atom. The van der Waals surface area contributed by atoms with E-state index in [1.54, 1.807) is 21.2 Å². The van der Waals surface area contributed by atoms with E-state index >= 15 is 0 Å². The van der Waals surface area contributed by atoms with Gasteiger partial charge in [-0.2, -0.15) is 0 Å². The van der Waals surface area contributed by atoms with Crippen LogP contribution in [0, 0.1) is 0 Å². The molecule has 2 rings (SSSR count). The van der Waals surface area contributed by atoms with Crippen LogP contribution in [0.4, 0.5) is 0 Å². The number of benzene rings is 1. The van der Waals surface area contributed by atoms with E-state index in [2.05, 4.69) is 15.6 Å². The number of methoxy groups -OCH3 is 1. The van der Waals surface area contributed by atoms with Gasteiger partial charge in [0.25, 0.3) is 0 Å². The number of likely N-dealkylation sites (N-methyl/N-ethyl adjacent to an activating group) is 1. The predicted molar refractivity (Wildman–Crippen MR) is 123 cm³/mol. The van der Waals surface area contributed by atoms with Crippen LogP contribution in [0.3, 0.4) is 0 Å². The third-order valence-corrected chi connectivity index (χ3v) is 4.61. The summed E-state index contributed by atoms with van der Waals surface area (Å²) in [5.74, 6) is 1.18. The standard InChI is InChI=1S/C19H29ClN4O3.HI/c1-24(2)18(25)13-23-19(22-12-15-6-4-5-9-27-15)21-11-14-7-8-17(26-3)16(20)10-14;/h7-8,10,15H,4-6,9,11-13H2,1-3H3,(H2,21,22,23);1H. The number of halogens is 2. The first kappa shape index (κ1) is 24.8. The zero-order valence-corrected chi connectivity index (χ0v) is 19.8. The highest BCUT2D eigenvalue weighted by Crippen LogP contribution is 2.25. The van der Waals surface area contributed by atoms with Crippen LogP contribution in [-0.4, -0.2) is 63.8 Å². The lowest BCUT2D eigenvalue weighted by atomic mass is 10.1. The molecule has 1 aromatic rings. The molecule has 0 spiro atoms. The van der Waals surface area contributed by atoms with E-state index in [9.17, 15) is 4.79 Å². The fraction of sp³-hybridized carbons (Fsp3) is 0.579. The van der Waals surface area contributed by atoms with Gasteiger partial charge in [-0.15, -0.1) is 24.0 Å². The number of aliphatic imine (C=N–C) groups is 1. The number of nitrogens with zero attached hydrogens (tertiary/aromatic N) is 2. The molecule has 0 saturated carbocycles. The molecule has 9 heteroatoms. The predicted octanol–water partition coefficient (Wildman–Crippen LogP) is 2.66. The summed E-state index contributed by atoms with van der Waals surface area (Å²) >= 11 is 6.17. The molecule has 1 unspecified atom stereocenters. The van der Waals surface area contributed by atoms with Gasteiger partial charge in [-0.25, -0.2) is 4.99 Å². The van der Waals surface area contributed by atoms with Crippen molar-refractivity contribution >= 4 is 47.4 Å². The van der Waals surface area contributed by atoms with Crippen molar-refractivity contribution in [2.75, 3.05) is 40.9 Å². The number of carbonyl (C=O) groups excluding carboxylic acids is 1. The Kier molecular flexibility index (Phi) is 11.6. The lowest BCUT2D eigenvalue weighted by molar-refractivity contribution is -0.127. The minimum atomic E-state index is -0.0223. The van der Waals surface area contributed by atoms with Crippen LogP contribution in [0.15, 0.2) is 23.2 Å². The summed E-state index contributed by atoms with van der Waals surface area (Å²) in [6, 6.07) is 5.57. The summed E-state index contributed by atoms with van der Waals surface area (Å²) in [7, 11) is 5.03. The van der Waals surface area contributed by atoms with Gasteiger partial charge in [0.05, 0.1) is 31.3 Å². The Labute approximate surface area is 189 Å². The van der Waals surface area contributed by atoms with Gasteiger partial charge in [0.15, 0.2) is 5.96 Å². The van der Waals surface area contributed by atoms with E-state index in [0.717, 1.165) is 25.0 Å². The maximum atomic E-state index is 11.9. The number of ether oxygens (including phenoxy) is 2. The third kappa shape index (κ3) is 8.40. The number of nitrogens with one attached hydrogen (secondary N) is 2. The molecule has 0 aliphatic carbocycles. The highest BCUT2D eigenvalue weighted by atomic mass is 127. The highest BCUT2D eigenvalue weighted by molar-refractivity contribution is 14.0. The Bertz CT molecular complexity index is 652. The van der Waals surface area contributed by atoms with Crippen molar-refractivity contribution in [2.45, 2.75) is 31.9 Å². The normalized spacial score (nSPS) is 16.7. The van der Waals surface area contributed by atoms with Crippen molar-refractivity contribution < 1.29 is 14.3 Å². The van der Waals surface area contributed by atoms with Crippen molar-refractivity contribution in [3.8, 4) is 5.75 Å². The molecule has 1 aromatic carbocycles. The minimum absolute atomic E-state index is 0. The van der Waals surface area contributed by atoms with Gasteiger partial charge in [-0.05, 0) is 37.0 Å². The van der Waals surface area contributed by atoms with E-state index in [4.69, 9.17) is 21.1 Å². The van der Waals surface area contributed by atoms with Crippen LogP contribution >= 0.6 is 35.6 Å². The molecule has 158 valence electrons. The summed E-state index contributed by atoms with van der Waals surface area (Å²) < 4.78 is 10.9. The summed E-state index contributed by atoms with van der Waals surface area (Å²) in [5, 5.41) is 6.91. The van der Waals surface area contributed by atoms with E-state index < -0.39 is 0 Å². The fourth-order valence-corrected chi connectivity index (χ4v) is 2.93. The Morgan fingerprint density at radius 2 is 2.14 bits per heavy atom. The Balaban J connectivity index is 0.00000392. The molecule has 0 aromatic heterocycles.